The number of imidazole rings is 1. The normalized spacial score (nSPS) is 13.4. The van der Waals surface area contributed by atoms with Gasteiger partial charge in [0.05, 0.1) is 22.7 Å². The van der Waals surface area contributed by atoms with Crippen LogP contribution >= 0.6 is 0 Å². The van der Waals surface area contributed by atoms with Crippen molar-refractivity contribution in [3.8, 4) is 6.07 Å². The van der Waals surface area contributed by atoms with Gasteiger partial charge in [-0.1, -0.05) is 6.07 Å². The van der Waals surface area contributed by atoms with Gasteiger partial charge in [-0.2, -0.15) is 5.26 Å². The van der Waals surface area contributed by atoms with Crippen molar-refractivity contribution >= 4 is 33.7 Å². The molecule has 1 atom stereocenters. The van der Waals surface area contributed by atoms with Crippen LogP contribution < -0.4 is 5.73 Å². The van der Waals surface area contributed by atoms with E-state index in [1.807, 2.05) is 26.1 Å². The van der Waals surface area contributed by atoms with E-state index >= 15 is 0 Å². The summed E-state index contributed by atoms with van der Waals surface area (Å²) in [5.74, 6) is 0.419. The number of aliphatic hydroxyl groups excluding tert-OH is 1. The Kier molecular flexibility index (Phi) is 4.86. The zero-order valence-corrected chi connectivity index (χ0v) is 17.0. The number of aromatic nitrogens is 3. The molecule has 1 unspecified atom stereocenters. The number of aliphatic imine (C=N–C) groups is 1. The molecule has 30 heavy (non-hydrogen) atoms. The van der Waals surface area contributed by atoms with Gasteiger partial charge in [0.25, 0.3) is 0 Å². The van der Waals surface area contributed by atoms with Crippen molar-refractivity contribution in [3.05, 3.63) is 70.3 Å². The number of rotatable bonds is 4. The number of hydrogen-bond acceptors (Lipinski definition) is 5. The van der Waals surface area contributed by atoms with Crippen molar-refractivity contribution in [2.75, 3.05) is 7.05 Å². The predicted octanol–water partition coefficient (Wildman–Crippen LogP) is 3.61. The van der Waals surface area contributed by atoms with E-state index in [0.717, 1.165) is 38.7 Å². The third-order valence-corrected chi connectivity index (χ3v) is 5.32. The van der Waals surface area contributed by atoms with E-state index in [9.17, 15) is 5.11 Å². The average Bonchev–Trinajstić information content (AvgIpc) is 3.36. The zero-order valence-electron chi connectivity index (χ0n) is 17.0. The number of benzene rings is 2. The standard InChI is InChI=1S/C23H22N6O/c1-12-6-13(2)21-20(16(11-27-21)15(9-25)10-26-3)19(12)22(30)23-28-17-5-4-14(8-24)7-18(17)29-23/h4-7,9-11,22,27,30H,25H2,1-3H3,(H,28,29). The summed E-state index contributed by atoms with van der Waals surface area (Å²) in [6.07, 6.45) is 4.10. The highest BCUT2D eigenvalue weighted by molar-refractivity contribution is 6.15. The number of allylic oxidation sites excluding steroid dienone is 1. The number of fused-ring (bicyclic) bond motifs is 2. The first-order valence-corrected chi connectivity index (χ1v) is 9.52. The average molecular weight is 398 g/mol. The summed E-state index contributed by atoms with van der Waals surface area (Å²) in [6, 6.07) is 9.37. The molecule has 0 aliphatic heterocycles. The molecule has 4 aromatic rings. The second kappa shape index (κ2) is 7.50. The Morgan fingerprint density at radius 2 is 2.10 bits per heavy atom. The van der Waals surface area contributed by atoms with Gasteiger partial charge < -0.3 is 20.8 Å². The van der Waals surface area contributed by atoms with Gasteiger partial charge in [-0.25, -0.2) is 4.98 Å². The number of aliphatic hydroxyl groups is 1. The smallest absolute Gasteiger partial charge is 0.140 e. The number of nitrogens with zero attached hydrogens (tertiary/aromatic N) is 3. The quantitative estimate of drug-likeness (QED) is 0.392. The lowest BCUT2D eigenvalue weighted by atomic mass is 9.92. The Morgan fingerprint density at radius 1 is 1.30 bits per heavy atom. The van der Waals surface area contributed by atoms with E-state index in [4.69, 9.17) is 11.0 Å². The molecule has 0 radical (unpaired) electrons. The number of nitrogens with two attached hydrogens (primary N) is 1. The van der Waals surface area contributed by atoms with Gasteiger partial charge in [-0.05, 0) is 43.2 Å². The number of hydrogen-bond donors (Lipinski definition) is 4. The second-order valence-corrected chi connectivity index (χ2v) is 7.25. The van der Waals surface area contributed by atoms with Crippen LogP contribution in [0.2, 0.25) is 0 Å². The van der Waals surface area contributed by atoms with Crippen molar-refractivity contribution in [1.82, 2.24) is 15.0 Å². The number of aryl methyl sites for hydroxylation is 2. The highest BCUT2D eigenvalue weighted by atomic mass is 16.3. The van der Waals surface area contributed by atoms with Crippen LogP contribution in [-0.4, -0.2) is 33.3 Å². The lowest BCUT2D eigenvalue weighted by Gasteiger charge is -2.16. The minimum absolute atomic E-state index is 0.419. The van der Waals surface area contributed by atoms with E-state index in [0.29, 0.717) is 22.4 Å². The molecule has 150 valence electrons. The molecule has 0 spiro atoms. The predicted molar refractivity (Wildman–Crippen MR) is 119 cm³/mol. The van der Waals surface area contributed by atoms with Gasteiger partial charge in [0, 0.05) is 53.3 Å². The van der Waals surface area contributed by atoms with Crippen molar-refractivity contribution in [2.24, 2.45) is 10.7 Å². The Balaban J connectivity index is 1.96. The molecule has 0 fully saturated rings. The number of aromatic amines is 2. The molecule has 0 amide bonds. The Morgan fingerprint density at radius 3 is 2.80 bits per heavy atom. The number of nitrogens with one attached hydrogen (secondary N) is 2. The zero-order chi connectivity index (χ0) is 21.4. The van der Waals surface area contributed by atoms with Crippen LogP contribution in [0.25, 0.3) is 27.5 Å². The van der Waals surface area contributed by atoms with E-state index < -0.39 is 6.10 Å². The molecule has 5 N–H and O–H groups in total. The summed E-state index contributed by atoms with van der Waals surface area (Å²) >= 11 is 0. The van der Waals surface area contributed by atoms with E-state index in [2.05, 4.69) is 26.0 Å². The molecule has 7 heteroatoms. The first kappa shape index (κ1) is 19.4. The van der Waals surface area contributed by atoms with Gasteiger partial charge in [-0.15, -0.1) is 0 Å². The van der Waals surface area contributed by atoms with E-state index in [1.54, 1.807) is 31.5 Å². The van der Waals surface area contributed by atoms with Crippen LogP contribution in [0.3, 0.4) is 0 Å². The van der Waals surface area contributed by atoms with Crippen LogP contribution in [0.4, 0.5) is 0 Å². The SMILES string of the molecule is CN=CC(=CN)c1c[nH]c2c(C)cc(C)c(C(O)c3nc4ccc(C#N)cc4[nH]3)c12. The molecule has 2 heterocycles. The van der Waals surface area contributed by atoms with Crippen LogP contribution in [0.5, 0.6) is 0 Å². The maximum absolute atomic E-state index is 11.4. The van der Waals surface area contributed by atoms with Crippen molar-refractivity contribution in [2.45, 2.75) is 20.0 Å². The summed E-state index contributed by atoms with van der Waals surface area (Å²) in [7, 11) is 1.69. The molecular formula is C23H22N6O. The van der Waals surface area contributed by atoms with E-state index in [1.165, 1.54) is 6.20 Å². The van der Waals surface area contributed by atoms with Crippen molar-refractivity contribution in [1.29, 1.82) is 5.26 Å². The summed E-state index contributed by atoms with van der Waals surface area (Å²) in [6.45, 7) is 3.99. The summed E-state index contributed by atoms with van der Waals surface area (Å²) < 4.78 is 0. The summed E-state index contributed by atoms with van der Waals surface area (Å²) in [5.41, 5.74) is 13.1. The van der Waals surface area contributed by atoms with Gasteiger partial charge in [0.1, 0.15) is 11.9 Å². The molecule has 0 aliphatic rings. The molecular weight excluding hydrogens is 376 g/mol. The monoisotopic (exact) mass is 398 g/mol. The topological polar surface area (TPSA) is 127 Å². The molecule has 7 nitrogen and oxygen atoms in total. The van der Waals surface area contributed by atoms with Crippen molar-refractivity contribution in [3.63, 3.8) is 0 Å². The van der Waals surface area contributed by atoms with Gasteiger partial charge >= 0.3 is 0 Å². The fourth-order valence-corrected chi connectivity index (χ4v) is 3.97. The fraction of sp³-hybridized carbons (Fsp3) is 0.174. The summed E-state index contributed by atoms with van der Waals surface area (Å²) in [5, 5.41) is 21.4. The molecule has 0 saturated carbocycles. The lowest BCUT2D eigenvalue weighted by Crippen LogP contribution is -2.06. The first-order valence-electron chi connectivity index (χ1n) is 9.52. The molecule has 0 bridgehead atoms. The van der Waals surface area contributed by atoms with Gasteiger partial charge in [0.15, 0.2) is 0 Å². The highest BCUT2D eigenvalue weighted by Crippen LogP contribution is 2.37. The maximum atomic E-state index is 11.4. The Hall–Kier alpha value is -3.89. The van der Waals surface area contributed by atoms with Crippen LogP contribution in [0, 0.1) is 25.2 Å². The highest BCUT2D eigenvalue weighted by Gasteiger charge is 2.24. The largest absolute Gasteiger partial charge is 0.404 e. The minimum atomic E-state index is -0.988. The van der Waals surface area contributed by atoms with Gasteiger partial charge in [0.2, 0.25) is 0 Å². The third-order valence-electron chi connectivity index (χ3n) is 5.32. The third kappa shape index (κ3) is 3.04. The van der Waals surface area contributed by atoms with Crippen molar-refractivity contribution < 1.29 is 5.11 Å². The first-order chi connectivity index (χ1) is 14.5. The molecule has 0 saturated heterocycles. The molecule has 2 aromatic heterocycles. The Labute approximate surface area is 173 Å². The number of nitriles is 1. The molecule has 0 aliphatic carbocycles. The van der Waals surface area contributed by atoms with Crippen LogP contribution in [0.1, 0.15) is 39.7 Å². The summed E-state index contributed by atoms with van der Waals surface area (Å²) in [4.78, 5) is 15.1. The van der Waals surface area contributed by atoms with Gasteiger partial charge in [-0.3, -0.25) is 4.99 Å². The maximum Gasteiger partial charge on any atom is 0.140 e. The second-order valence-electron chi connectivity index (χ2n) is 7.25. The minimum Gasteiger partial charge on any atom is -0.404 e. The van der Waals surface area contributed by atoms with Crippen LogP contribution in [-0.2, 0) is 0 Å². The van der Waals surface area contributed by atoms with Crippen LogP contribution in [0.15, 0.2) is 41.7 Å². The lowest BCUT2D eigenvalue weighted by molar-refractivity contribution is 0.212. The van der Waals surface area contributed by atoms with E-state index in [-0.39, 0.29) is 0 Å². The molecule has 2 aromatic carbocycles. The Bertz CT molecular complexity index is 1370. The fourth-order valence-electron chi connectivity index (χ4n) is 3.97. The molecule has 4 rings (SSSR count). The number of H-pyrrole nitrogens is 2.